The molecule has 1 aliphatic rings. The van der Waals surface area contributed by atoms with Gasteiger partial charge in [0.05, 0.1) is 17.1 Å². The largest absolute Gasteiger partial charge is 0.349 e. The highest BCUT2D eigenvalue weighted by atomic mass is 35.5. The number of nitrogens with one attached hydrogen (secondary N) is 1. The quantitative estimate of drug-likeness (QED) is 0.616. The molecule has 4 rings (SSSR count). The number of benzene rings is 1. The fourth-order valence-corrected chi connectivity index (χ4v) is 5.25. The number of aryl methyl sites for hydroxylation is 1. The van der Waals surface area contributed by atoms with Crippen LogP contribution in [0, 0.1) is 6.92 Å². The van der Waals surface area contributed by atoms with Crippen molar-refractivity contribution in [2.75, 3.05) is 19.6 Å². The minimum Gasteiger partial charge on any atom is -0.349 e. The van der Waals surface area contributed by atoms with Gasteiger partial charge in [0.1, 0.15) is 4.83 Å². The molecule has 154 valence electrons. The molecule has 7 heteroatoms. The number of piperidine rings is 1. The number of thiophene rings is 1. The lowest BCUT2D eigenvalue weighted by atomic mass is 10.0. The number of hydrogen-bond donors (Lipinski definition) is 1. The van der Waals surface area contributed by atoms with Crippen LogP contribution >= 0.6 is 22.9 Å². The second-order valence-electron chi connectivity index (χ2n) is 7.75. The Kier molecular flexibility index (Phi) is 6.23. The Morgan fingerprint density at radius 1 is 1.31 bits per heavy atom. The monoisotopic (exact) mass is 430 g/mol. The third kappa shape index (κ3) is 4.49. The Morgan fingerprint density at radius 3 is 2.79 bits per heavy atom. The van der Waals surface area contributed by atoms with Gasteiger partial charge in [0, 0.05) is 29.5 Å². The van der Waals surface area contributed by atoms with Gasteiger partial charge in [-0.25, -0.2) is 0 Å². The van der Waals surface area contributed by atoms with Crippen LogP contribution in [0.3, 0.4) is 0 Å². The van der Waals surface area contributed by atoms with Crippen LogP contribution in [-0.2, 0) is 6.54 Å². The molecule has 0 atom stereocenters. The summed E-state index contributed by atoms with van der Waals surface area (Å²) in [6, 6.07) is 10.1. The summed E-state index contributed by atoms with van der Waals surface area (Å²) in [5, 5.41) is 9.68. The Labute approximate surface area is 180 Å². The summed E-state index contributed by atoms with van der Waals surface area (Å²) in [4.78, 5) is 17.1. The smallest absolute Gasteiger partial charge is 0.261 e. The molecule has 3 heterocycles. The topological polar surface area (TPSA) is 50.2 Å². The molecule has 1 amide bonds. The standard InChI is InChI=1S/C22H27ClN4OS/c1-3-10-26-11-8-17(9-12-26)24-21(28)20-13-18-15(2)25-27(22(18)29-20)14-16-6-4-5-7-19(16)23/h4-7,13,17H,3,8-12,14H2,1-2H3,(H,24,28). The van der Waals surface area contributed by atoms with E-state index in [0.717, 1.165) is 63.8 Å². The molecule has 0 unspecified atom stereocenters. The summed E-state index contributed by atoms with van der Waals surface area (Å²) in [5.74, 6) is 0.0313. The Balaban J connectivity index is 1.48. The number of hydrogen-bond acceptors (Lipinski definition) is 4. The molecule has 1 N–H and O–H groups in total. The highest BCUT2D eigenvalue weighted by molar-refractivity contribution is 7.20. The van der Waals surface area contributed by atoms with Crippen LogP contribution in [0.2, 0.25) is 5.02 Å². The van der Waals surface area contributed by atoms with Crippen molar-refractivity contribution in [1.29, 1.82) is 0 Å². The van der Waals surface area contributed by atoms with E-state index in [1.54, 1.807) is 0 Å². The van der Waals surface area contributed by atoms with Gasteiger partial charge < -0.3 is 10.2 Å². The summed E-state index contributed by atoms with van der Waals surface area (Å²) in [6.45, 7) is 8.08. The van der Waals surface area contributed by atoms with Crippen LogP contribution in [0.25, 0.3) is 10.2 Å². The van der Waals surface area contributed by atoms with Crippen LogP contribution in [0.1, 0.15) is 47.1 Å². The predicted octanol–water partition coefficient (Wildman–Crippen LogP) is 4.71. The summed E-state index contributed by atoms with van der Waals surface area (Å²) >= 11 is 7.83. The molecule has 0 saturated carbocycles. The number of amides is 1. The van der Waals surface area contributed by atoms with Crippen LogP contribution < -0.4 is 5.32 Å². The van der Waals surface area contributed by atoms with Crippen molar-refractivity contribution in [1.82, 2.24) is 20.0 Å². The molecule has 1 fully saturated rings. The van der Waals surface area contributed by atoms with E-state index in [1.165, 1.54) is 17.8 Å². The summed E-state index contributed by atoms with van der Waals surface area (Å²) < 4.78 is 1.95. The second kappa shape index (κ2) is 8.86. The number of rotatable bonds is 6. The Morgan fingerprint density at radius 2 is 2.07 bits per heavy atom. The van der Waals surface area contributed by atoms with E-state index in [-0.39, 0.29) is 11.9 Å². The lowest BCUT2D eigenvalue weighted by molar-refractivity contribution is 0.0915. The minimum atomic E-state index is 0.0313. The SMILES string of the molecule is CCCN1CCC(NC(=O)c2cc3c(C)nn(Cc4ccccc4Cl)c3s2)CC1. The fraction of sp³-hybridized carbons (Fsp3) is 0.455. The number of carbonyl (C=O) groups excluding carboxylic acids is 1. The van der Waals surface area contributed by atoms with Gasteiger partial charge in [-0.15, -0.1) is 11.3 Å². The molecule has 3 aromatic rings. The molecule has 1 aliphatic heterocycles. The molecule has 2 aromatic heterocycles. The highest BCUT2D eigenvalue weighted by Gasteiger charge is 2.22. The maximum absolute atomic E-state index is 12.9. The molecule has 0 spiro atoms. The van der Waals surface area contributed by atoms with Gasteiger partial charge in [-0.3, -0.25) is 9.48 Å². The molecular formula is C22H27ClN4OS. The average molecular weight is 431 g/mol. The molecule has 1 saturated heterocycles. The van der Waals surface area contributed by atoms with E-state index in [4.69, 9.17) is 11.6 Å². The first kappa shape index (κ1) is 20.4. The molecule has 29 heavy (non-hydrogen) atoms. The first-order valence-electron chi connectivity index (χ1n) is 10.3. The van der Waals surface area contributed by atoms with Gasteiger partial charge in [0.25, 0.3) is 5.91 Å². The van der Waals surface area contributed by atoms with Crippen molar-refractivity contribution in [2.45, 2.75) is 45.7 Å². The molecule has 0 aliphatic carbocycles. The average Bonchev–Trinajstić information content (AvgIpc) is 3.27. The van der Waals surface area contributed by atoms with Crippen LogP contribution in [0.15, 0.2) is 30.3 Å². The van der Waals surface area contributed by atoms with E-state index < -0.39 is 0 Å². The van der Waals surface area contributed by atoms with Crippen LogP contribution in [0.5, 0.6) is 0 Å². The molecular weight excluding hydrogens is 404 g/mol. The zero-order chi connectivity index (χ0) is 20.4. The number of aromatic nitrogens is 2. The van der Waals surface area contributed by atoms with Crippen LogP contribution in [0.4, 0.5) is 0 Å². The maximum atomic E-state index is 12.9. The van der Waals surface area contributed by atoms with Crippen molar-refractivity contribution < 1.29 is 4.79 Å². The van der Waals surface area contributed by atoms with Crippen molar-refractivity contribution in [3.05, 3.63) is 51.5 Å². The van der Waals surface area contributed by atoms with E-state index in [9.17, 15) is 4.79 Å². The molecule has 0 radical (unpaired) electrons. The summed E-state index contributed by atoms with van der Waals surface area (Å²) in [6.07, 6.45) is 3.23. The van der Waals surface area contributed by atoms with Gasteiger partial charge >= 0.3 is 0 Å². The van der Waals surface area contributed by atoms with Crippen molar-refractivity contribution >= 4 is 39.1 Å². The predicted molar refractivity (Wildman–Crippen MR) is 120 cm³/mol. The van der Waals surface area contributed by atoms with Crippen molar-refractivity contribution in [2.24, 2.45) is 0 Å². The number of halogens is 1. The first-order chi connectivity index (χ1) is 14.0. The van der Waals surface area contributed by atoms with Gasteiger partial charge in [0.15, 0.2) is 0 Å². The zero-order valence-corrected chi connectivity index (χ0v) is 18.5. The van der Waals surface area contributed by atoms with Crippen molar-refractivity contribution in [3.8, 4) is 0 Å². The Bertz CT molecular complexity index is 1000. The van der Waals surface area contributed by atoms with Crippen molar-refractivity contribution in [3.63, 3.8) is 0 Å². The van der Waals surface area contributed by atoms with Gasteiger partial charge in [-0.1, -0.05) is 36.7 Å². The first-order valence-corrected chi connectivity index (χ1v) is 11.5. The lowest BCUT2D eigenvalue weighted by Gasteiger charge is -2.31. The number of nitrogens with zero attached hydrogens (tertiary/aromatic N) is 3. The van der Waals surface area contributed by atoms with E-state index in [2.05, 4.69) is 22.2 Å². The lowest BCUT2D eigenvalue weighted by Crippen LogP contribution is -2.44. The summed E-state index contributed by atoms with van der Waals surface area (Å²) in [7, 11) is 0. The molecule has 5 nitrogen and oxygen atoms in total. The van der Waals surface area contributed by atoms with E-state index in [1.807, 2.05) is 41.9 Å². The normalized spacial score (nSPS) is 15.8. The third-order valence-corrected chi connectivity index (χ3v) is 7.09. The Hall–Kier alpha value is -1.89. The van der Waals surface area contributed by atoms with E-state index in [0.29, 0.717) is 6.54 Å². The third-order valence-electron chi connectivity index (χ3n) is 5.57. The second-order valence-corrected chi connectivity index (χ2v) is 9.19. The maximum Gasteiger partial charge on any atom is 0.261 e. The zero-order valence-electron chi connectivity index (χ0n) is 16.9. The minimum absolute atomic E-state index is 0.0313. The highest BCUT2D eigenvalue weighted by Crippen LogP contribution is 2.30. The van der Waals surface area contributed by atoms with Gasteiger partial charge in [0.2, 0.25) is 0 Å². The van der Waals surface area contributed by atoms with Gasteiger partial charge in [-0.05, 0) is 50.4 Å². The van der Waals surface area contributed by atoms with E-state index >= 15 is 0 Å². The molecule has 0 bridgehead atoms. The number of likely N-dealkylation sites (tertiary alicyclic amines) is 1. The van der Waals surface area contributed by atoms with Gasteiger partial charge in [-0.2, -0.15) is 5.10 Å². The number of carbonyl (C=O) groups is 1. The number of fused-ring (bicyclic) bond motifs is 1. The fourth-order valence-electron chi connectivity index (χ4n) is 3.99. The summed E-state index contributed by atoms with van der Waals surface area (Å²) in [5.41, 5.74) is 1.96. The van der Waals surface area contributed by atoms with Crippen LogP contribution in [-0.4, -0.2) is 46.3 Å². The molecule has 1 aromatic carbocycles.